The van der Waals surface area contributed by atoms with Gasteiger partial charge in [-0.3, -0.25) is 4.79 Å². The Morgan fingerprint density at radius 2 is 2.33 bits per heavy atom. The summed E-state index contributed by atoms with van der Waals surface area (Å²) in [7, 11) is -3.59. The van der Waals surface area contributed by atoms with Crippen LogP contribution in [0, 0.1) is 11.3 Å². The van der Waals surface area contributed by atoms with Gasteiger partial charge in [0.1, 0.15) is 15.2 Å². The van der Waals surface area contributed by atoms with Gasteiger partial charge in [0, 0.05) is 19.0 Å². The molecule has 0 spiro atoms. The molecule has 2 heterocycles. The lowest BCUT2D eigenvalue weighted by molar-refractivity contribution is -0.119. The summed E-state index contributed by atoms with van der Waals surface area (Å²) in [6.45, 7) is 0.174. The molecule has 1 aromatic heterocycles. The number of carbonyl (C=O) groups excluding carboxylic acids is 1. The molecule has 1 fully saturated rings. The van der Waals surface area contributed by atoms with Crippen LogP contribution in [-0.4, -0.2) is 26.9 Å². The highest BCUT2D eigenvalue weighted by Gasteiger charge is 2.23. The second kappa shape index (κ2) is 5.06. The number of nitriles is 1. The van der Waals surface area contributed by atoms with E-state index in [1.165, 1.54) is 12.1 Å². The van der Waals surface area contributed by atoms with Crippen LogP contribution in [0.4, 0.5) is 0 Å². The average molecular weight is 285 g/mol. The number of hydrogen-bond acceptors (Lipinski definition) is 5. The smallest absolute Gasteiger partial charge is 0.250 e. The Kier molecular flexibility index (Phi) is 3.65. The van der Waals surface area contributed by atoms with Gasteiger partial charge >= 0.3 is 0 Å². The molecule has 0 bridgehead atoms. The molecule has 6 nitrogen and oxygen atoms in total. The van der Waals surface area contributed by atoms with Crippen LogP contribution in [0.1, 0.15) is 17.7 Å². The van der Waals surface area contributed by atoms with Crippen molar-refractivity contribution >= 4 is 27.3 Å². The number of rotatable bonds is 4. The van der Waals surface area contributed by atoms with Crippen molar-refractivity contribution < 1.29 is 13.2 Å². The molecule has 1 saturated heterocycles. The average Bonchev–Trinajstić information content (AvgIpc) is 2.95. The van der Waals surface area contributed by atoms with E-state index in [1.807, 2.05) is 6.07 Å². The summed E-state index contributed by atoms with van der Waals surface area (Å²) < 4.78 is 26.3. The van der Waals surface area contributed by atoms with Crippen molar-refractivity contribution in [3.8, 4) is 6.07 Å². The summed E-state index contributed by atoms with van der Waals surface area (Å²) in [6.07, 6.45) is 1.07. The third kappa shape index (κ3) is 2.87. The van der Waals surface area contributed by atoms with Crippen molar-refractivity contribution in [2.24, 2.45) is 0 Å². The highest BCUT2D eigenvalue weighted by molar-refractivity contribution is 7.91. The highest BCUT2D eigenvalue weighted by atomic mass is 32.2. The Labute approximate surface area is 109 Å². The highest BCUT2D eigenvalue weighted by Crippen LogP contribution is 2.20. The Morgan fingerprint density at radius 1 is 1.56 bits per heavy atom. The van der Waals surface area contributed by atoms with Crippen LogP contribution in [0.25, 0.3) is 0 Å². The molecule has 1 atom stereocenters. The van der Waals surface area contributed by atoms with E-state index >= 15 is 0 Å². The fourth-order valence-electron chi connectivity index (χ4n) is 1.64. The summed E-state index contributed by atoms with van der Waals surface area (Å²) in [4.78, 5) is 11.3. The van der Waals surface area contributed by atoms with Crippen LogP contribution in [0.5, 0.6) is 0 Å². The van der Waals surface area contributed by atoms with Gasteiger partial charge in [-0.1, -0.05) is 0 Å². The molecule has 2 N–H and O–H groups in total. The molecule has 8 heteroatoms. The van der Waals surface area contributed by atoms with Gasteiger partial charge in [0.2, 0.25) is 15.9 Å². The second-order valence-electron chi connectivity index (χ2n) is 3.89. The van der Waals surface area contributed by atoms with Crippen LogP contribution >= 0.6 is 11.3 Å². The summed E-state index contributed by atoms with van der Waals surface area (Å²) in [5.74, 6) is -0.0536. The van der Waals surface area contributed by atoms with Gasteiger partial charge in [-0.05, 0) is 18.6 Å². The van der Waals surface area contributed by atoms with Gasteiger partial charge in [-0.2, -0.15) is 5.26 Å². The molecule has 0 saturated carbocycles. The van der Waals surface area contributed by atoms with Gasteiger partial charge in [-0.15, -0.1) is 11.3 Å². The summed E-state index contributed by atoms with van der Waals surface area (Å²) >= 11 is 0.924. The Bertz CT molecular complexity index is 600. The number of nitrogens with zero attached hydrogens (tertiary/aromatic N) is 1. The molecule has 0 radical (unpaired) electrons. The summed E-state index contributed by atoms with van der Waals surface area (Å²) in [5.41, 5.74) is 0. The fourth-order valence-corrected chi connectivity index (χ4v) is 3.87. The lowest BCUT2D eigenvalue weighted by atomic mass is 10.2. The van der Waals surface area contributed by atoms with Crippen molar-refractivity contribution in [3.63, 3.8) is 0 Å². The number of thiophene rings is 1. The molecule has 1 aliphatic rings. The van der Waals surface area contributed by atoms with Crippen LogP contribution in [-0.2, 0) is 14.8 Å². The molecule has 1 aliphatic heterocycles. The van der Waals surface area contributed by atoms with E-state index < -0.39 is 10.0 Å². The van der Waals surface area contributed by atoms with Gasteiger partial charge < -0.3 is 5.32 Å². The van der Waals surface area contributed by atoms with Crippen LogP contribution < -0.4 is 10.0 Å². The zero-order valence-electron chi connectivity index (χ0n) is 9.34. The molecule has 18 heavy (non-hydrogen) atoms. The fraction of sp³-hybridized carbons (Fsp3) is 0.400. The predicted octanol–water partition coefficient (Wildman–Crippen LogP) is 0.177. The maximum Gasteiger partial charge on any atom is 0.250 e. The minimum atomic E-state index is -3.59. The van der Waals surface area contributed by atoms with Gasteiger partial charge in [0.25, 0.3) is 0 Å². The van der Waals surface area contributed by atoms with Crippen molar-refractivity contribution in [2.75, 3.05) is 6.54 Å². The van der Waals surface area contributed by atoms with E-state index in [4.69, 9.17) is 5.26 Å². The van der Waals surface area contributed by atoms with Crippen LogP contribution in [0.3, 0.4) is 0 Å². The molecule has 0 aliphatic carbocycles. The Morgan fingerprint density at radius 3 is 2.89 bits per heavy atom. The normalized spacial score (nSPS) is 19.5. The minimum Gasteiger partial charge on any atom is -0.352 e. The quantitative estimate of drug-likeness (QED) is 0.824. The molecular formula is C10H11N3O3S2. The number of hydrogen-bond donors (Lipinski definition) is 2. The van der Waals surface area contributed by atoms with Gasteiger partial charge in [0.05, 0.1) is 0 Å². The largest absolute Gasteiger partial charge is 0.352 e. The van der Waals surface area contributed by atoms with Crippen molar-refractivity contribution in [1.82, 2.24) is 10.0 Å². The van der Waals surface area contributed by atoms with Crippen LogP contribution in [0.2, 0.25) is 0 Å². The Hall–Kier alpha value is -1.43. The topological polar surface area (TPSA) is 99.1 Å². The van der Waals surface area contributed by atoms with E-state index in [2.05, 4.69) is 10.0 Å². The lowest BCUT2D eigenvalue weighted by Crippen LogP contribution is -2.38. The zero-order chi connectivity index (χ0) is 13.2. The molecule has 0 aromatic carbocycles. The first-order chi connectivity index (χ1) is 8.51. The van der Waals surface area contributed by atoms with Crippen molar-refractivity contribution in [1.29, 1.82) is 5.26 Å². The molecule has 2 rings (SSSR count). The van der Waals surface area contributed by atoms with E-state index in [0.717, 1.165) is 11.3 Å². The van der Waals surface area contributed by atoms with E-state index in [9.17, 15) is 13.2 Å². The van der Waals surface area contributed by atoms with Crippen molar-refractivity contribution in [2.45, 2.75) is 23.1 Å². The molecule has 1 aromatic rings. The summed E-state index contributed by atoms with van der Waals surface area (Å²) in [6, 6.07) is 4.61. The van der Waals surface area contributed by atoms with E-state index in [0.29, 0.717) is 17.7 Å². The summed E-state index contributed by atoms with van der Waals surface area (Å²) in [5, 5.41) is 11.3. The monoisotopic (exact) mass is 285 g/mol. The molecular weight excluding hydrogens is 274 g/mol. The van der Waals surface area contributed by atoms with E-state index in [-0.39, 0.29) is 22.7 Å². The maximum atomic E-state index is 11.9. The minimum absolute atomic E-state index is 0.0536. The number of sulfonamides is 1. The van der Waals surface area contributed by atoms with Crippen molar-refractivity contribution in [3.05, 3.63) is 17.0 Å². The lowest BCUT2D eigenvalue weighted by Gasteiger charge is -2.10. The predicted molar refractivity (Wildman–Crippen MR) is 65.4 cm³/mol. The standard InChI is InChI=1S/C10H11N3O3S2/c11-5-8-2-4-10(17-8)18(15,16)12-6-7-1-3-9(14)13-7/h2,4,7,12H,1,3,6H2,(H,13,14). The first-order valence-corrected chi connectivity index (χ1v) is 7.60. The molecule has 96 valence electrons. The second-order valence-corrected chi connectivity index (χ2v) is 6.96. The number of carbonyl (C=O) groups is 1. The third-order valence-electron chi connectivity index (χ3n) is 2.56. The first kappa shape index (κ1) is 13.0. The van der Waals surface area contributed by atoms with Gasteiger partial charge in [0.15, 0.2) is 0 Å². The molecule has 1 amide bonds. The van der Waals surface area contributed by atoms with Gasteiger partial charge in [-0.25, -0.2) is 13.1 Å². The van der Waals surface area contributed by atoms with E-state index in [1.54, 1.807) is 0 Å². The third-order valence-corrected chi connectivity index (χ3v) is 5.47. The molecule has 1 unspecified atom stereocenters. The SMILES string of the molecule is N#Cc1ccc(S(=O)(=O)NCC2CCC(=O)N2)s1. The number of nitrogens with one attached hydrogen (secondary N) is 2. The first-order valence-electron chi connectivity index (χ1n) is 5.30. The Balaban J connectivity index is 1.99. The number of amides is 1. The zero-order valence-corrected chi connectivity index (χ0v) is 11.0. The maximum absolute atomic E-state index is 11.9. The van der Waals surface area contributed by atoms with Crippen LogP contribution in [0.15, 0.2) is 16.3 Å².